The molecule has 0 bridgehead atoms. The Labute approximate surface area is 74.0 Å². The van der Waals surface area contributed by atoms with Gasteiger partial charge in [0.15, 0.2) is 0 Å². The van der Waals surface area contributed by atoms with Crippen LogP contribution in [0.3, 0.4) is 0 Å². The van der Waals surface area contributed by atoms with E-state index in [0.717, 1.165) is 3.83 Å². The number of aromatic nitrogens is 3. The monoisotopic (exact) mass is 251 g/mol. The normalized spacial score (nSPS) is 12.0. The molecule has 0 saturated carbocycles. The first kappa shape index (κ1) is 7.97. The number of hydrogen-bond donors (Lipinski definition) is 0. The second kappa shape index (κ2) is 2.48. The minimum atomic E-state index is 0.0520. The predicted molar refractivity (Wildman–Crippen MR) is 47.7 cm³/mol. The lowest BCUT2D eigenvalue weighted by Crippen LogP contribution is -2.22. The second-order valence-corrected chi connectivity index (χ2v) is 4.09. The van der Waals surface area contributed by atoms with E-state index in [4.69, 9.17) is 0 Å². The summed E-state index contributed by atoms with van der Waals surface area (Å²) < 4.78 is 2.65. The molecule has 0 aromatic carbocycles. The van der Waals surface area contributed by atoms with Gasteiger partial charge in [0.05, 0.1) is 5.54 Å². The third kappa shape index (κ3) is 1.68. The van der Waals surface area contributed by atoms with Gasteiger partial charge in [-0.05, 0) is 20.8 Å². The van der Waals surface area contributed by atoms with E-state index in [1.165, 1.54) is 0 Å². The highest BCUT2D eigenvalue weighted by molar-refractivity contribution is 14.1. The first-order chi connectivity index (χ1) is 4.50. The van der Waals surface area contributed by atoms with Crippen LogP contribution in [-0.4, -0.2) is 14.8 Å². The van der Waals surface area contributed by atoms with Gasteiger partial charge in [0.1, 0.15) is 6.33 Å². The Kier molecular flexibility index (Phi) is 1.98. The fourth-order valence-corrected chi connectivity index (χ4v) is 0.923. The van der Waals surface area contributed by atoms with Crippen molar-refractivity contribution in [2.75, 3.05) is 0 Å². The molecule has 0 radical (unpaired) electrons. The van der Waals surface area contributed by atoms with Crippen LogP contribution in [0.25, 0.3) is 0 Å². The van der Waals surface area contributed by atoms with E-state index in [-0.39, 0.29) is 5.54 Å². The average Bonchev–Trinajstić information content (AvgIpc) is 2.11. The van der Waals surface area contributed by atoms with Gasteiger partial charge in [0, 0.05) is 22.6 Å². The SMILES string of the molecule is CC(C)(C)n1cnc(I)n1. The van der Waals surface area contributed by atoms with E-state index in [1.54, 1.807) is 6.33 Å². The molecule has 3 nitrogen and oxygen atoms in total. The zero-order valence-electron chi connectivity index (χ0n) is 6.30. The van der Waals surface area contributed by atoms with Crippen molar-refractivity contribution in [3.8, 4) is 0 Å². The van der Waals surface area contributed by atoms with Gasteiger partial charge in [-0.1, -0.05) is 0 Å². The molecule has 0 aliphatic carbocycles. The Hall–Kier alpha value is -0.130. The van der Waals surface area contributed by atoms with Crippen LogP contribution in [0, 0.1) is 3.83 Å². The third-order valence-corrected chi connectivity index (χ3v) is 1.65. The first-order valence-electron chi connectivity index (χ1n) is 3.08. The number of rotatable bonds is 0. The molecular formula is C6H10IN3. The summed E-state index contributed by atoms with van der Waals surface area (Å²) in [6.45, 7) is 6.28. The fraction of sp³-hybridized carbons (Fsp3) is 0.667. The van der Waals surface area contributed by atoms with Crippen LogP contribution in [0.2, 0.25) is 0 Å². The summed E-state index contributed by atoms with van der Waals surface area (Å²) >= 11 is 2.10. The third-order valence-electron chi connectivity index (χ3n) is 1.15. The summed E-state index contributed by atoms with van der Waals surface area (Å²) in [5.74, 6) is 0. The van der Waals surface area contributed by atoms with E-state index in [2.05, 4.69) is 53.4 Å². The van der Waals surface area contributed by atoms with Crippen molar-refractivity contribution in [2.24, 2.45) is 0 Å². The van der Waals surface area contributed by atoms with Crippen LogP contribution in [0.15, 0.2) is 6.33 Å². The topological polar surface area (TPSA) is 30.7 Å². The smallest absolute Gasteiger partial charge is 0.211 e. The number of nitrogens with zero attached hydrogens (tertiary/aromatic N) is 3. The summed E-state index contributed by atoms with van der Waals surface area (Å²) in [6.07, 6.45) is 1.75. The largest absolute Gasteiger partial charge is 0.247 e. The van der Waals surface area contributed by atoms with Crippen LogP contribution in [-0.2, 0) is 5.54 Å². The van der Waals surface area contributed by atoms with Gasteiger partial charge in [0.25, 0.3) is 0 Å². The van der Waals surface area contributed by atoms with Crippen LogP contribution in [0.1, 0.15) is 20.8 Å². The molecule has 1 aromatic heterocycles. The molecule has 0 fully saturated rings. The first-order valence-corrected chi connectivity index (χ1v) is 4.15. The summed E-state index contributed by atoms with van der Waals surface area (Å²) in [5, 5.41) is 4.17. The maximum Gasteiger partial charge on any atom is 0.211 e. The molecule has 4 heteroatoms. The maximum atomic E-state index is 4.17. The Morgan fingerprint density at radius 2 is 2.10 bits per heavy atom. The lowest BCUT2D eigenvalue weighted by atomic mass is 10.1. The van der Waals surface area contributed by atoms with Gasteiger partial charge in [-0.3, -0.25) is 0 Å². The molecule has 1 heterocycles. The molecule has 56 valence electrons. The van der Waals surface area contributed by atoms with Crippen molar-refractivity contribution in [1.29, 1.82) is 0 Å². The van der Waals surface area contributed by atoms with E-state index < -0.39 is 0 Å². The number of hydrogen-bond acceptors (Lipinski definition) is 2. The van der Waals surface area contributed by atoms with E-state index >= 15 is 0 Å². The van der Waals surface area contributed by atoms with Crippen molar-refractivity contribution in [2.45, 2.75) is 26.3 Å². The highest BCUT2D eigenvalue weighted by atomic mass is 127. The highest BCUT2D eigenvalue weighted by Gasteiger charge is 2.13. The summed E-state index contributed by atoms with van der Waals surface area (Å²) in [6, 6.07) is 0. The zero-order valence-corrected chi connectivity index (χ0v) is 8.45. The van der Waals surface area contributed by atoms with Crippen molar-refractivity contribution in [3.63, 3.8) is 0 Å². The van der Waals surface area contributed by atoms with E-state index in [1.807, 2.05) is 4.68 Å². The number of halogens is 1. The van der Waals surface area contributed by atoms with Gasteiger partial charge in [-0.2, -0.15) is 0 Å². The molecule has 0 amide bonds. The second-order valence-electron chi connectivity index (χ2n) is 3.13. The Morgan fingerprint density at radius 1 is 1.50 bits per heavy atom. The molecule has 1 rings (SSSR count). The average molecular weight is 251 g/mol. The van der Waals surface area contributed by atoms with Crippen molar-refractivity contribution in [1.82, 2.24) is 14.8 Å². The zero-order chi connectivity index (χ0) is 7.78. The molecular weight excluding hydrogens is 241 g/mol. The highest BCUT2D eigenvalue weighted by Crippen LogP contribution is 2.11. The maximum absolute atomic E-state index is 4.17. The molecule has 0 N–H and O–H groups in total. The van der Waals surface area contributed by atoms with Crippen molar-refractivity contribution >= 4 is 22.6 Å². The lowest BCUT2D eigenvalue weighted by Gasteiger charge is -2.17. The van der Waals surface area contributed by atoms with Gasteiger partial charge in [-0.15, -0.1) is 5.10 Å². The Bertz CT molecular complexity index is 223. The molecule has 1 aromatic rings. The molecule has 0 saturated heterocycles. The van der Waals surface area contributed by atoms with Gasteiger partial charge >= 0.3 is 0 Å². The molecule has 0 aliphatic rings. The van der Waals surface area contributed by atoms with E-state index in [0.29, 0.717) is 0 Å². The quantitative estimate of drug-likeness (QED) is 0.656. The van der Waals surface area contributed by atoms with Crippen LogP contribution >= 0.6 is 22.6 Å². The predicted octanol–water partition coefficient (Wildman–Crippen LogP) is 1.64. The van der Waals surface area contributed by atoms with Gasteiger partial charge in [-0.25, -0.2) is 9.67 Å². The molecule has 10 heavy (non-hydrogen) atoms. The standard InChI is InChI=1S/C6H10IN3/c1-6(2,3)10-4-8-5(7)9-10/h4H,1-3H3. The van der Waals surface area contributed by atoms with Gasteiger partial charge in [0.2, 0.25) is 3.83 Å². The van der Waals surface area contributed by atoms with Gasteiger partial charge < -0.3 is 0 Å². The van der Waals surface area contributed by atoms with E-state index in [9.17, 15) is 0 Å². The minimum Gasteiger partial charge on any atom is -0.247 e. The van der Waals surface area contributed by atoms with Crippen molar-refractivity contribution in [3.05, 3.63) is 10.2 Å². The molecule has 0 atom stereocenters. The van der Waals surface area contributed by atoms with Crippen LogP contribution < -0.4 is 0 Å². The molecule has 0 spiro atoms. The summed E-state index contributed by atoms with van der Waals surface area (Å²) in [7, 11) is 0. The Balaban J connectivity index is 2.96. The van der Waals surface area contributed by atoms with Crippen LogP contribution in [0.4, 0.5) is 0 Å². The summed E-state index contributed by atoms with van der Waals surface area (Å²) in [5.41, 5.74) is 0.0520. The Morgan fingerprint density at radius 3 is 2.30 bits per heavy atom. The fourth-order valence-electron chi connectivity index (χ4n) is 0.566. The van der Waals surface area contributed by atoms with Crippen LogP contribution in [0.5, 0.6) is 0 Å². The molecule has 0 aliphatic heterocycles. The van der Waals surface area contributed by atoms with Crippen molar-refractivity contribution < 1.29 is 0 Å². The minimum absolute atomic E-state index is 0.0520. The molecule has 0 unspecified atom stereocenters. The summed E-state index contributed by atoms with van der Waals surface area (Å²) in [4.78, 5) is 4.02. The lowest BCUT2D eigenvalue weighted by molar-refractivity contribution is 0.353.